The average Bonchev–Trinajstić information content (AvgIpc) is 2.82. The van der Waals surface area contributed by atoms with E-state index in [2.05, 4.69) is 38.3 Å². The molecule has 0 bridgehead atoms. The van der Waals surface area contributed by atoms with Crippen molar-refractivity contribution in [1.82, 2.24) is 9.62 Å². The van der Waals surface area contributed by atoms with Crippen molar-refractivity contribution < 1.29 is 23.6 Å². The zero-order chi connectivity index (χ0) is 22.9. The number of rotatable bonds is 7. The molecule has 3 atom stereocenters. The minimum Gasteiger partial charge on any atom is -0.468 e. The van der Waals surface area contributed by atoms with Crippen LogP contribution in [0.25, 0.3) is 0 Å². The van der Waals surface area contributed by atoms with Gasteiger partial charge in [0.25, 0.3) is 0 Å². The third kappa shape index (κ3) is 6.99. The average molecular weight is 457 g/mol. The number of aliphatic hydroxyl groups excluding tert-OH is 1. The Bertz CT molecular complexity index is 974. The SMILES string of the molecule is COC(=O)C(NS(=O)c1ccc(C#Cc2ccc(CN3CCOCC3)cc2)cc1)C(C)O. The number of nitrogens with one attached hydrogen (secondary N) is 1. The van der Waals surface area contributed by atoms with Gasteiger partial charge in [0.05, 0.1) is 31.3 Å². The Morgan fingerprint density at radius 3 is 2.22 bits per heavy atom. The van der Waals surface area contributed by atoms with Crippen LogP contribution in [0.1, 0.15) is 23.6 Å². The first kappa shape index (κ1) is 24.1. The van der Waals surface area contributed by atoms with E-state index in [0.717, 1.165) is 44.0 Å². The normalized spacial score (nSPS) is 17.0. The van der Waals surface area contributed by atoms with Gasteiger partial charge in [0, 0.05) is 30.8 Å². The molecule has 8 heteroatoms. The van der Waals surface area contributed by atoms with Gasteiger partial charge in [-0.1, -0.05) is 24.0 Å². The second-order valence-corrected chi connectivity index (χ2v) is 8.73. The predicted molar refractivity (Wildman–Crippen MR) is 122 cm³/mol. The first-order valence-electron chi connectivity index (χ1n) is 10.4. The summed E-state index contributed by atoms with van der Waals surface area (Å²) < 4.78 is 25.1. The van der Waals surface area contributed by atoms with Gasteiger partial charge >= 0.3 is 5.97 Å². The molecular formula is C24H28N2O5S. The highest BCUT2D eigenvalue weighted by atomic mass is 32.2. The van der Waals surface area contributed by atoms with Gasteiger partial charge in [0.2, 0.25) is 0 Å². The zero-order valence-electron chi connectivity index (χ0n) is 18.2. The fourth-order valence-electron chi connectivity index (χ4n) is 3.17. The first-order valence-corrected chi connectivity index (χ1v) is 11.6. The number of carbonyl (C=O) groups is 1. The number of morpholine rings is 1. The monoisotopic (exact) mass is 456 g/mol. The van der Waals surface area contributed by atoms with Crippen molar-refractivity contribution in [2.45, 2.75) is 30.5 Å². The van der Waals surface area contributed by atoms with Crippen LogP contribution in [0.5, 0.6) is 0 Å². The summed E-state index contributed by atoms with van der Waals surface area (Å²) in [7, 11) is -0.466. The maximum atomic E-state index is 12.5. The van der Waals surface area contributed by atoms with E-state index in [1.807, 2.05) is 12.1 Å². The number of carbonyl (C=O) groups excluding carboxylic acids is 1. The lowest BCUT2D eigenvalue weighted by atomic mass is 10.1. The molecule has 3 unspecified atom stereocenters. The van der Waals surface area contributed by atoms with Gasteiger partial charge in [-0.25, -0.2) is 8.93 Å². The molecule has 1 saturated heterocycles. The minimum atomic E-state index is -1.68. The van der Waals surface area contributed by atoms with E-state index in [4.69, 9.17) is 4.74 Å². The summed E-state index contributed by atoms with van der Waals surface area (Å²) >= 11 is 0. The molecule has 1 fully saturated rings. The molecule has 2 N–H and O–H groups in total. The van der Waals surface area contributed by atoms with Gasteiger partial charge < -0.3 is 14.6 Å². The van der Waals surface area contributed by atoms with Crippen molar-refractivity contribution in [3.8, 4) is 11.8 Å². The Labute approximate surface area is 191 Å². The Morgan fingerprint density at radius 2 is 1.69 bits per heavy atom. The fraction of sp³-hybridized carbons (Fsp3) is 0.375. The van der Waals surface area contributed by atoms with Gasteiger partial charge in [-0.15, -0.1) is 0 Å². The molecule has 0 radical (unpaired) electrons. The van der Waals surface area contributed by atoms with E-state index >= 15 is 0 Å². The molecule has 7 nitrogen and oxygen atoms in total. The number of methoxy groups -OCH3 is 1. The second kappa shape index (κ2) is 11.9. The summed E-state index contributed by atoms with van der Waals surface area (Å²) in [4.78, 5) is 14.6. The van der Waals surface area contributed by atoms with Crippen molar-refractivity contribution in [2.24, 2.45) is 0 Å². The molecule has 1 aliphatic heterocycles. The number of aliphatic hydroxyl groups is 1. The minimum absolute atomic E-state index is 0.470. The summed E-state index contributed by atoms with van der Waals surface area (Å²) in [5, 5.41) is 9.71. The predicted octanol–water partition coefficient (Wildman–Crippen LogP) is 1.45. The molecule has 1 heterocycles. The van der Waals surface area contributed by atoms with E-state index in [0.29, 0.717) is 4.90 Å². The Morgan fingerprint density at radius 1 is 1.12 bits per heavy atom. The van der Waals surface area contributed by atoms with Crippen LogP contribution in [-0.4, -0.2) is 65.7 Å². The maximum absolute atomic E-state index is 12.5. The van der Waals surface area contributed by atoms with Gasteiger partial charge in [0.15, 0.2) is 0 Å². The lowest BCUT2D eigenvalue weighted by Crippen LogP contribution is -2.46. The number of hydrogen-bond acceptors (Lipinski definition) is 6. The van der Waals surface area contributed by atoms with E-state index < -0.39 is 29.1 Å². The molecule has 32 heavy (non-hydrogen) atoms. The van der Waals surface area contributed by atoms with E-state index in [9.17, 15) is 14.1 Å². The van der Waals surface area contributed by atoms with Crippen molar-refractivity contribution in [3.05, 3.63) is 65.2 Å². The van der Waals surface area contributed by atoms with Crippen molar-refractivity contribution in [3.63, 3.8) is 0 Å². The Hall–Kier alpha value is -2.54. The summed E-state index contributed by atoms with van der Waals surface area (Å²) in [6.45, 7) is 5.84. The summed E-state index contributed by atoms with van der Waals surface area (Å²) in [6.07, 6.45) is -1.04. The first-order chi connectivity index (χ1) is 15.5. The topological polar surface area (TPSA) is 88.1 Å². The third-order valence-corrected chi connectivity index (χ3v) is 6.22. The van der Waals surface area contributed by atoms with Crippen LogP contribution in [0.2, 0.25) is 0 Å². The van der Waals surface area contributed by atoms with Gasteiger partial charge in [-0.05, 0) is 48.9 Å². The van der Waals surface area contributed by atoms with Crippen LogP contribution in [0.15, 0.2) is 53.4 Å². The molecule has 0 spiro atoms. The highest BCUT2D eigenvalue weighted by Gasteiger charge is 2.26. The summed E-state index contributed by atoms with van der Waals surface area (Å²) in [5.41, 5.74) is 2.95. The molecular weight excluding hydrogens is 428 g/mol. The Balaban J connectivity index is 1.58. The lowest BCUT2D eigenvalue weighted by Gasteiger charge is -2.26. The van der Waals surface area contributed by atoms with Crippen molar-refractivity contribution in [1.29, 1.82) is 0 Å². The summed E-state index contributed by atoms with van der Waals surface area (Å²) in [5.74, 6) is 5.57. The number of hydrogen-bond donors (Lipinski definition) is 2. The molecule has 3 rings (SSSR count). The van der Waals surface area contributed by atoms with Crippen LogP contribution in [0.3, 0.4) is 0 Å². The molecule has 0 aromatic heterocycles. The fourth-order valence-corrected chi connectivity index (χ4v) is 4.21. The molecule has 0 aliphatic carbocycles. The maximum Gasteiger partial charge on any atom is 0.326 e. The van der Waals surface area contributed by atoms with Crippen LogP contribution >= 0.6 is 0 Å². The van der Waals surface area contributed by atoms with E-state index in [-0.39, 0.29) is 0 Å². The largest absolute Gasteiger partial charge is 0.468 e. The Kier molecular flexibility index (Phi) is 8.97. The van der Waals surface area contributed by atoms with Crippen molar-refractivity contribution in [2.75, 3.05) is 33.4 Å². The lowest BCUT2D eigenvalue weighted by molar-refractivity contribution is -0.145. The molecule has 2 aromatic carbocycles. The summed E-state index contributed by atoms with van der Waals surface area (Å²) in [6, 6.07) is 14.0. The molecule has 0 saturated carbocycles. The van der Waals surface area contributed by atoms with Crippen LogP contribution in [0, 0.1) is 11.8 Å². The molecule has 0 amide bonds. The van der Waals surface area contributed by atoms with Crippen LogP contribution < -0.4 is 4.72 Å². The van der Waals surface area contributed by atoms with Gasteiger partial charge in [0.1, 0.15) is 17.0 Å². The standard InChI is InChI=1S/C24H28N2O5S/c1-18(27)23(24(28)30-2)25-32(29)22-11-9-20(10-12-22)4-3-19-5-7-21(8-6-19)17-26-13-15-31-16-14-26/h5-12,18,23,25,27H,13-17H2,1-2H3. The van der Waals surface area contributed by atoms with Crippen LogP contribution in [0.4, 0.5) is 0 Å². The quantitative estimate of drug-likeness (QED) is 0.485. The molecule has 2 aromatic rings. The van der Waals surface area contributed by atoms with Crippen LogP contribution in [-0.2, 0) is 31.8 Å². The van der Waals surface area contributed by atoms with E-state index in [1.54, 1.807) is 24.3 Å². The van der Waals surface area contributed by atoms with Crippen molar-refractivity contribution >= 4 is 17.0 Å². The van der Waals surface area contributed by atoms with Gasteiger partial charge in [-0.3, -0.25) is 9.69 Å². The zero-order valence-corrected chi connectivity index (χ0v) is 19.1. The third-order valence-electron chi connectivity index (χ3n) is 5.05. The number of esters is 1. The highest BCUT2D eigenvalue weighted by molar-refractivity contribution is 7.83. The second-order valence-electron chi connectivity index (χ2n) is 7.49. The molecule has 170 valence electrons. The number of benzene rings is 2. The van der Waals surface area contributed by atoms with Gasteiger partial charge in [-0.2, -0.15) is 0 Å². The smallest absolute Gasteiger partial charge is 0.326 e. The van der Waals surface area contributed by atoms with E-state index in [1.165, 1.54) is 19.6 Å². The molecule has 1 aliphatic rings. The number of nitrogens with zero attached hydrogens (tertiary/aromatic N) is 1. The highest BCUT2D eigenvalue weighted by Crippen LogP contribution is 2.11. The number of ether oxygens (including phenoxy) is 2.